The molecule has 1 heterocycles. The Kier molecular flexibility index (Phi) is 10.4. The molecular weight excluding hydrogens is 548 g/mol. The minimum atomic E-state index is -1.10. The molecule has 0 bridgehead atoms. The maximum Gasteiger partial charge on any atom is 0.326 e. The van der Waals surface area contributed by atoms with Crippen LogP contribution in [0.5, 0.6) is 11.5 Å². The summed E-state index contributed by atoms with van der Waals surface area (Å²) in [6.07, 6.45) is 3.09. The highest BCUT2D eigenvalue weighted by Gasteiger charge is 2.23. The van der Waals surface area contributed by atoms with Gasteiger partial charge in [0.15, 0.2) is 0 Å². The van der Waals surface area contributed by atoms with Crippen LogP contribution >= 0.6 is 0 Å². The van der Waals surface area contributed by atoms with Crippen molar-refractivity contribution in [3.05, 3.63) is 89.6 Å². The Morgan fingerprint density at radius 3 is 2.47 bits per heavy atom. The molecule has 0 unspecified atom stereocenters. The maximum atomic E-state index is 13.1. The van der Waals surface area contributed by atoms with E-state index in [-0.39, 0.29) is 30.3 Å². The molecule has 1 aromatic heterocycles. The van der Waals surface area contributed by atoms with Gasteiger partial charge in [-0.05, 0) is 66.3 Å². The van der Waals surface area contributed by atoms with E-state index in [1.807, 2.05) is 56.4 Å². The highest BCUT2D eigenvalue weighted by Crippen LogP contribution is 2.28. The number of aliphatic carboxylic acids is 1. The van der Waals surface area contributed by atoms with Gasteiger partial charge in [0, 0.05) is 29.1 Å². The number of carbonyl (C=O) groups excluding carboxylic acids is 2. The molecule has 226 valence electrons. The number of amides is 2. The lowest BCUT2D eigenvalue weighted by Gasteiger charge is -2.19. The van der Waals surface area contributed by atoms with Gasteiger partial charge in [0.2, 0.25) is 5.91 Å². The average molecular weight is 587 g/mol. The molecule has 0 aliphatic rings. The van der Waals surface area contributed by atoms with Gasteiger partial charge in [-0.25, -0.2) is 4.79 Å². The van der Waals surface area contributed by atoms with E-state index in [4.69, 9.17) is 15.2 Å². The van der Waals surface area contributed by atoms with Crippen molar-refractivity contribution in [2.24, 2.45) is 11.7 Å². The zero-order valence-corrected chi connectivity index (χ0v) is 24.6. The van der Waals surface area contributed by atoms with Crippen LogP contribution in [0.15, 0.2) is 72.9 Å². The van der Waals surface area contributed by atoms with Gasteiger partial charge in [0.1, 0.15) is 17.5 Å². The number of para-hydroxylation sites is 1. The molecule has 0 aliphatic heterocycles. The van der Waals surface area contributed by atoms with Gasteiger partial charge < -0.3 is 35.9 Å². The van der Waals surface area contributed by atoms with E-state index in [1.165, 1.54) is 12.1 Å². The second-order valence-electron chi connectivity index (χ2n) is 10.8. The van der Waals surface area contributed by atoms with E-state index in [1.54, 1.807) is 25.3 Å². The highest BCUT2D eigenvalue weighted by atomic mass is 16.5. The van der Waals surface area contributed by atoms with Crippen molar-refractivity contribution in [2.75, 3.05) is 19.0 Å². The zero-order valence-electron chi connectivity index (χ0n) is 24.6. The van der Waals surface area contributed by atoms with E-state index in [2.05, 4.69) is 15.6 Å². The lowest BCUT2D eigenvalue weighted by Crippen LogP contribution is -2.41. The van der Waals surface area contributed by atoms with Gasteiger partial charge in [-0.15, -0.1) is 0 Å². The standard InChI is InChI=1S/C33H38N4O6/c1-20(2)16-29(33(40)41)37-31(38)22-10-13-28(36-32(39)26(34)17-21-8-11-24(42-3)12-9-21)30(18-22)43-15-14-23-19-35-27-7-5-4-6-25(23)27/h4-13,18-20,26,29,35H,14-17,34H2,1-3H3,(H,36,39)(H,37,38)(H,40,41)/t26-,29-/m0/s1. The number of hydrogen-bond donors (Lipinski definition) is 5. The number of methoxy groups -OCH3 is 1. The third-order valence-corrected chi connectivity index (χ3v) is 7.07. The van der Waals surface area contributed by atoms with Crippen LogP contribution in [-0.4, -0.2) is 53.7 Å². The maximum absolute atomic E-state index is 13.1. The first-order valence-electron chi connectivity index (χ1n) is 14.2. The molecule has 0 saturated carbocycles. The second-order valence-corrected chi connectivity index (χ2v) is 10.8. The molecule has 0 radical (unpaired) electrons. The third-order valence-electron chi connectivity index (χ3n) is 7.07. The molecule has 43 heavy (non-hydrogen) atoms. The van der Waals surface area contributed by atoms with Crippen molar-refractivity contribution in [3.63, 3.8) is 0 Å². The minimum absolute atomic E-state index is 0.0736. The van der Waals surface area contributed by atoms with Crippen molar-refractivity contribution in [3.8, 4) is 11.5 Å². The fraction of sp³-hybridized carbons (Fsp3) is 0.303. The van der Waals surface area contributed by atoms with Crippen molar-refractivity contribution in [2.45, 2.75) is 45.2 Å². The average Bonchev–Trinajstić information content (AvgIpc) is 3.40. The number of aromatic amines is 1. The van der Waals surface area contributed by atoms with E-state index in [9.17, 15) is 19.5 Å². The van der Waals surface area contributed by atoms with E-state index < -0.39 is 29.9 Å². The summed E-state index contributed by atoms with van der Waals surface area (Å²) in [4.78, 5) is 41.1. The molecule has 2 amide bonds. The summed E-state index contributed by atoms with van der Waals surface area (Å²) in [5.41, 5.74) is 9.74. The number of fused-ring (bicyclic) bond motifs is 1. The Hall–Kier alpha value is -4.83. The summed E-state index contributed by atoms with van der Waals surface area (Å²) in [5, 5.41) is 16.1. The number of nitrogens with one attached hydrogen (secondary N) is 3. The second kappa shape index (κ2) is 14.4. The highest BCUT2D eigenvalue weighted by molar-refractivity contribution is 6.00. The van der Waals surface area contributed by atoms with Gasteiger partial charge in [0.05, 0.1) is 25.4 Å². The summed E-state index contributed by atoms with van der Waals surface area (Å²) in [6.45, 7) is 4.04. The summed E-state index contributed by atoms with van der Waals surface area (Å²) in [6, 6.07) is 18.0. The number of benzene rings is 3. The van der Waals surface area contributed by atoms with E-state index >= 15 is 0 Å². The smallest absolute Gasteiger partial charge is 0.326 e. The van der Waals surface area contributed by atoms with Gasteiger partial charge in [-0.2, -0.15) is 0 Å². The van der Waals surface area contributed by atoms with Crippen LogP contribution in [0, 0.1) is 5.92 Å². The number of anilines is 1. The first kappa shape index (κ1) is 31.1. The molecule has 6 N–H and O–H groups in total. The van der Waals surface area contributed by atoms with Gasteiger partial charge in [-0.3, -0.25) is 9.59 Å². The Morgan fingerprint density at radius 2 is 1.77 bits per heavy atom. The van der Waals surface area contributed by atoms with Gasteiger partial charge >= 0.3 is 5.97 Å². The van der Waals surface area contributed by atoms with Crippen LogP contribution in [0.25, 0.3) is 10.9 Å². The van der Waals surface area contributed by atoms with Crippen LogP contribution in [0.3, 0.4) is 0 Å². The van der Waals surface area contributed by atoms with Crippen LogP contribution in [0.4, 0.5) is 5.69 Å². The van der Waals surface area contributed by atoms with Crippen LogP contribution in [0.2, 0.25) is 0 Å². The topological polar surface area (TPSA) is 156 Å². The molecule has 3 aromatic carbocycles. The predicted octanol–water partition coefficient (Wildman–Crippen LogP) is 4.54. The quantitative estimate of drug-likeness (QED) is 0.145. The molecule has 0 aliphatic carbocycles. The summed E-state index contributed by atoms with van der Waals surface area (Å²) >= 11 is 0. The number of hydrogen-bond acceptors (Lipinski definition) is 6. The van der Waals surface area contributed by atoms with Gasteiger partial charge in [0.25, 0.3) is 5.91 Å². The first-order chi connectivity index (χ1) is 20.6. The monoisotopic (exact) mass is 586 g/mol. The molecule has 0 fully saturated rings. The number of carbonyl (C=O) groups is 3. The number of H-pyrrole nitrogens is 1. The lowest BCUT2D eigenvalue weighted by molar-refractivity contribution is -0.139. The van der Waals surface area contributed by atoms with Crippen molar-refractivity contribution >= 4 is 34.4 Å². The first-order valence-corrected chi connectivity index (χ1v) is 14.2. The number of carboxylic acids is 1. The fourth-order valence-corrected chi connectivity index (χ4v) is 4.76. The third kappa shape index (κ3) is 8.36. The van der Waals surface area contributed by atoms with Crippen LogP contribution in [0.1, 0.15) is 41.8 Å². The Labute approximate surface area is 250 Å². The molecule has 4 rings (SSSR count). The zero-order chi connectivity index (χ0) is 30.9. The normalized spacial score (nSPS) is 12.5. The summed E-state index contributed by atoms with van der Waals surface area (Å²) in [5.74, 6) is -1.02. The van der Waals surface area contributed by atoms with Crippen LogP contribution < -0.4 is 25.8 Å². The molecule has 0 spiro atoms. The molecule has 4 aromatic rings. The number of ether oxygens (including phenoxy) is 2. The molecule has 10 nitrogen and oxygen atoms in total. The van der Waals surface area contributed by atoms with E-state index in [0.717, 1.165) is 22.0 Å². The number of nitrogens with two attached hydrogens (primary N) is 1. The Balaban J connectivity index is 1.51. The lowest BCUT2D eigenvalue weighted by atomic mass is 10.0. The molecule has 0 saturated heterocycles. The molecule has 10 heteroatoms. The van der Waals surface area contributed by atoms with Gasteiger partial charge in [-0.1, -0.05) is 44.2 Å². The summed E-state index contributed by atoms with van der Waals surface area (Å²) < 4.78 is 11.3. The Morgan fingerprint density at radius 1 is 1.02 bits per heavy atom. The molecule has 2 atom stereocenters. The summed E-state index contributed by atoms with van der Waals surface area (Å²) in [7, 11) is 1.58. The number of aromatic nitrogens is 1. The van der Waals surface area contributed by atoms with Crippen molar-refractivity contribution in [1.82, 2.24) is 10.3 Å². The van der Waals surface area contributed by atoms with Crippen molar-refractivity contribution < 1.29 is 29.0 Å². The largest absolute Gasteiger partial charge is 0.497 e. The SMILES string of the molecule is COc1ccc(C[C@H](N)C(=O)Nc2ccc(C(=O)N[C@@H](CC(C)C)C(=O)O)cc2OCCc2c[nH]c3ccccc23)cc1. The number of carboxylic acid groups (broad SMARTS) is 1. The number of rotatable bonds is 14. The fourth-order valence-electron chi connectivity index (χ4n) is 4.76. The predicted molar refractivity (Wildman–Crippen MR) is 166 cm³/mol. The van der Waals surface area contributed by atoms with Crippen LogP contribution in [-0.2, 0) is 22.4 Å². The van der Waals surface area contributed by atoms with E-state index in [0.29, 0.717) is 24.3 Å². The van der Waals surface area contributed by atoms with Crippen molar-refractivity contribution in [1.29, 1.82) is 0 Å². The molecular formula is C33H38N4O6. The Bertz CT molecular complexity index is 1560. The minimum Gasteiger partial charge on any atom is -0.497 e.